The van der Waals surface area contributed by atoms with Gasteiger partial charge in [-0.05, 0) is 42.7 Å². The third kappa shape index (κ3) is 3.26. The maximum Gasteiger partial charge on any atom is 0.125 e. The minimum Gasteiger partial charge on any atom is -0.488 e. The zero-order chi connectivity index (χ0) is 13.2. The monoisotopic (exact) mass is 248 g/mol. The molecule has 0 aromatic heterocycles. The number of para-hydroxylation sites is 1. The maximum absolute atomic E-state index is 10.1. The van der Waals surface area contributed by atoms with Crippen LogP contribution in [0.2, 0.25) is 0 Å². The Morgan fingerprint density at radius 1 is 1.11 bits per heavy atom. The van der Waals surface area contributed by atoms with Gasteiger partial charge in [0, 0.05) is 0 Å². The van der Waals surface area contributed by atoms with Crippen LogP contribution in [-0.4, -0.2) is 17.3 Å². The normalized spacial score (nSPS) is 29.0. The quantitative estimate of drug-likeness (QED) is 0.865. The molecule has 2 heteroatoms. The number of hydrogen-bond donors (Lipinski definition) is 1. The Balaban J connectivity index is 2.02. The summed E-state index contributed by atoms with van der Waals surface area (Å²) in [6.45, 7) is 6.82. The van der Waals surface area contributed by atoms with Crippen molar-refractivity contribution in [1.82, 2.24) is 0 Å². The van der Waals surface area contributed by atoms with E-state index in [-0.39, 0.29) is 12.2 Å². The van der Waals surface area contributed by atoms with Gasteiger partial charge in [0.1, 0.15) is 11.9 Å². The van der Waals surface area contributed by atoms with E-state index >= 15 is 0 Å². The average molecular weight is 248 g/mol. The fourth-order valence-electron chi connectivity index (χ4n) is 2.70. The number of benzene rings is 1. The molecule has 3 atom stereocenters. The fourth-order valence-corrected chi connectivity index (χ4v) is 2.70. The van der Waals surface area contributed by atoms with E-state index in [1.165, 1.54) is 0 Å². The second-order valence-electron chi connectivity index (χ2n) is 6.41. The highest BCUT2D eigenvalue weighted by Gasteiger charge is 2.36. The van der Waals surface area contributed by atoms with Gasteiger partial charge >= 0.3 is 0 Å². The number of ether oxygens (including phenoxy) is 1. The topological polar surface area (TPSA) is 29.5 Å². The Labute approximate surface area is 110 Å². The van der Waals surface area contributed by atoms with Crippen LogP contribution < -0.4 is 4.74 Å². The van der Waals surface area contributed by atoms with Crippen molar-refractivity contribution in [3.63, 3.8) is 0 Å². The zero-order valence-corrected chi connectivity index (χ0v) is 11.6. The molecule has 1 aliphatic carbocycles. The zero-order valence-electron chi connectivity index (χ0n) is 11.6. The van der Waals surface area contributed by atoms with Crippen LogP contribution in [0.4, 0.5) is 0 Å². The molecule has 0 spiro atoms. The largest absolute Gasteiger partial charge is 0.488 e. The molecular formula is C16H24O2. The van der Waals surface area contributed by atoms with Crippen molar-refractivity contribution in [3.8, 4) is 5.75 Å². The van der Waals surface area contributed by atoms with E-state index in [4.69, 9.17) is 4.74 Å². The summed E-state index contributed by atoms with van der Waals surface area (Å²) < 4.78 is 5.94. The highest BCUT2D eigenvalue weighted by molar-refractivity contribution is 5.21. The molecule has 0 bridgehead atoms. The molecule has 1 aliphatic rings. The first kappa shape index (κ1) is 13.4. The summed E-state index contributed by atoms with van der Waals surface area (Å²) in [6, 6.07) is 9.81. The maximum atomic E-state index is 10.1. The molecule has 1 aromatic rings. The van der Waals surface area contributed by atoms with E-state index in [9.17, 15) is 5.11 Å². The fraction of sp³-hybridized carbons (Fsp3) is 0.625. The van der Waals surface area contributed by atoms with Crippen molar-refractivity contribution in [3.05, 3.63) is 30.3 Å². The molecule has 0 aliphatic heterocycles. The van der Waals surface area contributed by atoms with Crippen LogP contribution >= 0.6 is 0 Å². The summed E-state index contributed by atoms with van der Waals surface area (Å²) in [5.74, 6) is 1.48. The van der Waals surface area contributed by atoms with Crippen LogP contribution in [0.1, 0.15) is 40.0 Å². The Kier molecular flexibility index (Phi) is 3.96. The molecule has 1 aromatic carbocycles. The summed E-state index contributed by atoms with van der Waals surface area (Å²) >= 11 is 0. The summed E-state index contributed by atoms with van der Waals surface area (Å²) in [7, 11) is 0. The van der Waals surface area contributed by atoms with E-state index in [0.29, 0.717) is 11.3 Å². The van der Waals surface area contributed by atoms with Gasteiger partial charge in [0.2, 0.25) is 0 Å². The lowest BCUT2D eigenvalue weighted by molar-refractivity contribution is -0.0297. The van der Waals surface area contributed by atoms with E-state index in [2.05, 4.69) is 20.8 Å². The first-order valence-corrected chi connectivity index (χ1v) is 6.86. The van der Waals surface area contributed by atoms with Crippen LogP contribution in [0.3, 0.4) is 0 Å². The average Bonchev–Trinajstić information content (AvgIpc) is 2.32. The third-order valence-corrected chi connectivity index (χ3v) is 4.01. The molecule has 1 saturated carbocycles. The van der Waals surface area contributed by atoms with Crippen LogP contribution in [0.25, 0.3) is 0 Å². The van der Waals surface area contributed by atoms with Gasteiger partial charge in [-0.15, -0.1) is 0 Å². The Morgan fingerprint density at radius 2 is 1.78 bits per heavy atom. The van der Waals surface area contributed by atoms with E-state index in [0.717, 1.165) is 25.0 Å². The molecule has 100 valence electrons. The number of aliphatic hydroxyl groups is 1. The van der Waals surface area contributed by atoms with Crippen molar-refractivity contribution < 1.29 is 9.84 Å². The van der Waals surface area contributed by atoms with Crippen molar-refractivity contribution >= 4 is 0 Å². The van der Waals surface area contributed by atoms with Crippen LogP contribution in [0.15, 0.2) is 30.3 Å². The molecule has 0 amide bonds. The van der Waals surface area contributed by atoms with Gasteiger partial charge in [-0.25, -0.2) is 0 Å². The van der Waals surface area contributed by atoms with Crippen LogP contribution in [0.5, 0.6) is 5.75 Å². The second kappa shape index (κ2) is 5.31. The minimum atomic E-state index is -0.330. The SMILES string of the molecule is CC(C)(C)C1CCC(O)C(Oc2ccccc2)C1. The van der Waals surface area contributed by atoms with Gasteiger partial charge in [0.05, 0.1) is 6.10 Å². The van der Waals surface area contributed by atoms with Gasteiger partial charge in [0.25, 0.3) is 0 Å². The smallest absolute Gasteiger partial charge is 0.125 e. The van der Waals surface area contributed by atoms with Crippen molar-refractivity contribution in [2.75, 3.05) is 0 Å². The highest BCUT2D eigenvalue weighted by Crippen LogP contribution is 2.39. The summed E-state index contributed by atoms with van der Waals surface area (Å²) in [6.07, 6.45) is 2.49. The Hall–Kier alpha value is -1.02. The minimum absolute atomic E-state index is 0.0645. The number of aliphatic hydroxyl groups excluding tert-OH is 1. The lowest BCUT2D eigenvalue weighted by Gasteiger charge is -2.39. The molecule has 0 saturated heterocycles. The van der Waals surface area contributed by atoms with E-state index in [1.54, 1.807) is 0 Å². The predicted octanol–water partition coefficient (Wildman–Crippen LogP) is 3.64. The molecule has 1 N–H and O–H groups in total. The molecule has 0 radical (unpaired) electrons. The highest BCUT2D eigenvalue weighted by atomic mass is 16.5. The summed E-state index contributed by atoms with van der Waals surface area (Å²) in [4.78, 5) is 0. The Bertz CT molecular complexity index is 366. The molecule has 2 nitrogen and oxygen atoms in total. The first-order chi connectivity index (χ1) is 8.47. The van der Waals surface area contributed by atoms with Gasteiger partial charge in [-0.2, -0.15) is 0 Å². The summed E-state index contributed by atoms with van der Waals surface area (Å²) in [5.41, 5.74) is 0.290. The van der Waals surface area contributed by atoms with Gasteiger partial charge < -0.3 is 9.84 Å². The molecule has 1 fully saturated rings. The van der Waals surface area contributed by atoms with Gasteiger partial charge in [-0.1, -0.05) is 39.0 Å². The van der Waals surface area contributed by atoms with E-state index < -0.39 is 0 Å². The molecule has 3 unspecified atom stereocenters. The lowest BCUT2D eigenvalue weighted by atomic mass is 9.71. The second-order valence-corrected chi connectivity index (χ2v) is 6.41. The first-order valence-electron chi connectivity index (χ1n) is 6.86. The van der Waals surface area contributed by atoms with Crippen LogP contribution in [-0.2, 0) is 0 Å². The van der Waals surface area contributed by atoms with Gasteiger partial charge in [-0.3, -0.25) is 0 Å². The summed E-state index contributed by atoms with van der Waals surface area (Å²) in [5, 5.41) is 10.1. The van der Waals surface area contributed by atoms with E-state index in [1.807, 2.05) is 30.3 Å². The van der Waals surface area contributed by atoms with Crippen LogP contribution in [0, 0.1) is 11.3 Å². The number of rotatable bonds is 2. The Morgan fingerprint density at radius 3 is 2.39 bits per heavy atom. The van der Waals surface area contributed by atoms with Crippen molar-refractivity contribution in [1.29, 1.82) is 0 Å². The molecule has 2 rings (SSSR count). The molecule has 18 heavy (non-hydrogen) atoms. The lowest BCUT2D eigenvalue weighted by Crippen LogP contribution is -2.41. The standard InChI is InChI=1S/C16H24O2/c1-16(2,3)12-9-10-14(17)15(11-12)18-13-7-5-4-6-8-13/h4-8,12,14-15,17H,9-11H2,1-3H3. The predicted molar refractivity (Wildman–Crippen MR) is 73.7 cm³/mol. The van der Waals surface area contributed by atoms with Crippen molar-refractivity contribution in [2.24, 2.45) is 11.3 Å². The van der Waals surface area contributed by atoms with Gasteiger partial charge in [0.15, 0.2) is 0 Å². The number of hydrogen-bond acceptors (Lipinski definition) is 2. The molecular weight excluding hydrogens is 224 g/mol. The third-order valence-electron chi connectivity index (χ3n) is 4.01. The van der Waals surface area contributed by atoms with Crippen molar-refractivity contribution in [2.45, 2.75) is 52.2 Å². The molecule has 0 heterocycles.